The van der Waals surface area contributed by atoms with Crippen LogP contribution in [-0.2, 0) is 0 Å². The van der Waals surface area contributed by atoms with Crippen molar-refractivity contribution in [1.82, 2.24) is 9.97 Å². The third kappa shape index (κ3) is 1.69. The molecule has 2 heterocycles. The van der Waals surface area contributed by atoms with Gasteiger partial charge in [-0.2, -0.15) is 0 Å². The average Bonchev–Trinajstić information content (AvgIpc) is 3.14. The summed E-state index contributed by atoms with van der Waals surface area (Å²) >= 11 is 0. The van der Waals surface area contributed by atoms with Crippen molar-refractivity contribution < 1.29 is 9.90 Å². The van der Waals surface area contributed by atoms with Crippen LogP contribution >= 0.6 is 0 Å². The first-order valence-electron chi connectivity index (χ1n) is 7.18. The monoisotopic (exact) mass is 271 g/mol. The standard InChI is InChI=1S/C15H17N3O2/c19-15(20)11-7-17-14-10(3-4-16-14)13(11)18-12-6-8-1-2-9(12)5-8/h3-4,7-9,12H,1-2,5-6H2,(H,19,20)(H2,16,17,18)/t8-,9+,12+/m1/s1. The van der Waals surface area contributed by atoms with Crippen LogP contribution < -0.4 is 5.32 Å². The predicted molar refractivity (Wildman–Crippen MR) is 75.9 cm³/mol. The van der Waals surface area contributed by atoms with Crippen LogP contribution in [-0.4, -0.2) is 27.1 Å². The molecule has 0 saturated heterocycles. The lowest BCUT2D eigenvalue weighted by atomic mass is 9.94. The Hall–Kier alpha value is -2.04. The maximum Gasteiger partial charge on any atom is 0.339 e. The maximum atomic E-state index is 11.4. The lowest BCUT2D eigenvalue weighted by Crippen LogP contribution is -2.27. The highest BCUT2D eigenvalue weighted by Crippen LogP contribution is 2.46. The summed E-state index contributed by atoms with van der Waals surface area (Å²) in [6, 6.07) is 2.30. The summed E-state index contributed by atoms with van der Waals surface area (Å²) in [5.74, 6) is 0.601. The van der Waals surface area contributed by atoms with Crippen LogP contribution in [0, 0.1) is 11.8 Å². The largest absolute Gasteiger partial charge is 0.478 e. The average molecular weight is 271 g/mol. The summed E-state index contributed by atoms with van der Waals surface area (Å²) in [5, 5.41) is 13.8. The normalized spacial score (nSPS) is 28.1. The molecule has 2 aromatic rings. The molecular formula is C15H17N3O2. The molecule has 0 radical (unpaired) electrons. The quantitative estimate of drug-likeness (QED) is 0.802. The number of fused-ring (bicyclic) bond motifs is 3. The number of carboxylic acid groups (broad SMARTS) is 1. The highest BCUT2D eigenvalue weighted by molar-refractivity contribution is 6.03. The van der Waals surface area contributed by atoms with Gasteiger partial charge < -0.3 is 15.4 Å². The van der Waals surface area contributed by atoms with Crippen molar-refractivity contribution >= 4 is 22.7 Å². The van der Waals surface area contributed by atoms with Crippen LogP contribution in [0.15, 0.2) is 18.5 Å². The van der Waals surface area contributed by atoms with Gasteiger partial charge >= 0.3 is 5.97 Å². The predicted octanol–water partition coefficient (Wildman–Crippen LogP) is 2.86. The van der Waals surface area contributed by atoms with Gasteiger partial charge in [0.1, 0.15) is 11.2 Å². The van der Waals surface area contributed by atoms with Crippen LogP contribution in [0.1, 0.15) is 36.0 Å². The summed E-state index contributed by atoms with van der Waals surface area (Å²) in [6.45, 7) is 0. The second-order valence-corrected chi connectivity index (χ2v) is 6.02. The van der Waals surface area contributed by atoms with Crippen molar-refractivity contribution in [3.63, 3.8) is 0 Å². The molecule has 0 spiro atoms. The molecule has 0 amide bonds. The summed E-state index contributed by atoms with van der Waals surface area (Å²) in [6.07, 6.45) is 8.31. The topological polar surface area (TPSA) is 78.0 Å². The third-order valence-electron chi connectivity index (χ3n) is 4.88. The molecular weight excluding hydrogens is 254 g/mol. The van der Waals surface area contributed by atoms with Crippen LogP contribution in [0.3, 0.4) is 0 Å². The Morgan fingerprint density at radius 1 is 1.40 bits per heavy atom. The van der Waals surface area contributed by atoms with E-state index in [0.717, 1.165) is 29.1 Å². The van der Waals surface area contributed by atoms with E-state index < -0.39 is 5.97 Å². The molecule has 2 fully saturated rings. The van der Waals surface area contributed by atoms with Crippen LogP contribution in [0.2, 0.25) is 0 Å². The number of aromatic nitrogens is 2. The molecule has 0 aliphatic heterocycles. The molecule has 4 rings (SSSR count). The minimum atomic E-state index is -0.925. The van der Waals surface area contributed by atoms with Crippen LogP contribution in [0.4, 0.5) is 5.69 Å². The zero-order valence-electron chi connectivity index (χ0n) is 11.1. The van der Waals surface area contributed by atoms with E-state index in [9.17, 15) is 9.90 Å². The number of aromatic carboxylic acids is 1. The van der Waals surface area contributed by atoms with Gasteiger partial charge in [-0.1, -0.05) is 6.42 Å². The van der Waals surface area contributed by atoms with Gasteiger partial charge in [0.15, 0.2) is 0 Å². The lowest BCUT2D eigenvalue weighted by molar-refractivity contribution is 0.0697. The molecule has 2 aromatic heterocycles. The van der Waals surface area contributed by atoms with E-state index in [1.807, 2.05) is 6.07 Å². The van der Waals surface area contributed by atoms with Crippen LogP contribution in [0.25, 0.3) is 11.0 Å². The second-order valence-electron chi connectivity index (χ2n) is 6.02. The number of carboxylic acids is 1. The Balaban J connectivity index is 1.75. The molecule has 0 aromatic carbocycles. The minimum Gasteiger partial charge on any atom is -0.478 e. The highest BCUT2D eigenvalue weighted by atomic mass is 16.4. The van der Waals surface area contributed by atoms with Gasteiger partial charge in [0, 0.05) is 23.8 Å². The summed E-state index contributed by atoms with van der Waals surface area (Å²) in [4.78, 5) is 18.6. The van der Waals surface area contributed by atoms with Crippen molar-refractivity contribution in [1.29, 1.82) is 0 Å². The molecule has 2 saturated carbocycles. The van der Waals surface area contributed by atoms with Crippen molar-refractivity contribution in [3.8, 4) is 0 Å². The number of rotatable bonds is 3. The number of H-pyrrole nitrogens is 1. The first-order chi connectivity index (χ1) is 9.72. The van der Waals surface area contributed by atoms with E-state index in [4.69, 9.17) is 0 Å². The van der Waals surface area contributed by atoms with Crippen molar-refractivity contribution in [3.05, 3.63) is 24.0 Å². The Labute approximate surface area is 116 Å². The van der Waals surface area contributed by atoms with E-state index in [-0.39, 0.29) is 5.56 Å². The number of pyridine rings is 1. The first-order valence-corrected chi connectivity index (χ1v) is 7.18. The SMILES string of the molecule is O=C(O)c1cnc2[nH]ccc2c1N[C@H]1C[C@@H]2CC[C@H]1C2. The number of carbonyl (C=O) groups is 1. The van der Waals surface area contributed by atoms with Gasteiger partial charge in [-0.15, -0.1) is 0 Å². The smallest absolute Gasteiger partial charge is 0.339 e. The molecule has 2 aliphatic rings. The zero-order chi connectivity index (χ0) is 13.7. The van der Waals surface area contributed by atoms with E-state index >= 15 is 0 Å². The van der Waals surface area contributed by atoms with E-state index in [2.05, 4.69) is 15.3 Å². The van der Waals surface area contributed by atoms with Crippen molar-refractivity contribution in [2.24, 2.45) is 11.8 Å². The molecule has 3 N–H and O–H groups in total. The molecule has 20 heavy (non-hydrogen) atoms. The van der Waals surface area contributed by atoms with E-state index in [1.165, 1.54) is 25.5 Å². The molecule has 5 heteroatoms. The molecule has 2 aliphatic carbocycles. The number of hydrogen-bond donors (Lipinski definition) is 3. The Kier molecular flexibility index (Phi) is 2.49. The molecule has 3 atom stereocenters. The number of nitrogens with zero attached hydrogens (tertiary/aromatic N) is 1. The van der Waals surface area contributed by atoms with E-state index in [1.54, 1.807) is 6.20 Å². The number of nitrogens with one attached hydrogen (secondary N) is 2. The Bertz CT molecular complexity index is 679. The Morgan fingerprint density at radius 3 is 3.00 bits per heavy atom. The molecule has 2 bridgehead atoms. The highest BCUT2D eigenvalue weighted by Gasteiger charge is 2.40. The molecule has 104 valence electrons. The Morgan fingerprint density at radius 2 is 2.30 bits per heavy atom. The number of anilines is 1. The van der Waals surface area contributed by atoms with Gasteiger partial charge in [0.2, 0.25) is 0 Å². The summed E-state index contributed by atoms with van der Waals surface area (Å²) < 4.78 is 0. The van der Waals surface area contributed by atoms with Crippen molar-refractivity contribution in [2.45, 2.75) is 31.7 Å². The van der Waals surface area contributed by atoms with Gasteiger partial charge in [0.25, 0.3) is 0 Å². The van der Waals surface area contributed by atoms with Gasteiger partial charge in [0.05, 0.1) is 5.69 Å². The number of hydrogen-bond acceptors (Lipinski definition) is 3. The minimum absolute atomic E-state index is 0.264. The maximum absolute atomic E-state index is 11.4. The first kappa shape index (κ1) is 11.8. The molecule has 5 nitrogen and oxygen atoms in total. The third-order valence-corrected chi connectivity index (χ3v) is 4.88. The van der Waals surface area contributed by atoms with E-state index in [0.29, 0.717) is 12.0 Å². The van der Waals surface area contributed by atoms with Crippen LogP contribution in [0.5, 0.6) is 0 Å². The fourth-order valence-corrected chi connectivity index (χ4v) is 3.93. The van der Waals surface area contributed by atoms with Gasteiger partial charge in [-0.25, -0.2) is 9.78 Å². The zero-order valence-corrected chi connectivity index (χ0v) is 11.1. The van der Waals surface area contributed by atoms with Gasteiger partial charge in [-0.05, 0) is 37.2 Å². The molecule has 0 unspecified atom stereocenters. The second kappa shape index (κ2) is 4.23. The fourth-order valence-electron chi connectivity index (χ4n) is 3.93. The summed E-state index contributed by atoms with van der Waals surface area (Å²) in [7, 11) is 0. The van der Waals surface area contributed by atoms with Crippen molar-refractivity contribution in [2.75, 3.05) is 5.32 Å². The summed E-state index contributed by atoms with van der Waals surface area (Å²) in [5.41, 5.74) is 1.72. The van der Waals surface area contributed by atoms with Gasteiger partial charge in [-0.3, -0.25) is 0 Å². The number of aromatic amines is 1. The lowest BCUT2D eigenvalue weighted by Gasteiger charge is -2.25. The fraction of sp³-hybridized carbons (Fsp3) is 0.467.